The van der Waals surface area contributed by atoms with E-state index in [9.17, 15) is 9.59 Å². The smallest absolute Gasteiger partial charge is 0.338 e. The van der Waals surface area contributed by atoms with Crippen molar-refractivity contribution < 1.29 is 23.8 Å². The van der Waals surface area contributed by atoms with Gasteiger partial charge in [-0.1, -0.05) is 42.1 Å². The molecule has 2 aliphatic rings. The van der Waals surface area contributed by atoms with E-state index >= 15 is 0 Å². The number of para-hydroxylation sites is 1. The minimum atomic E-state index is -0.604. The zero-order valence-electron chi connectivity index (χ0n) is 16.9. The van der Waals surface area contributed by atoms with E-state index < -0.39 is 12.0 Å². The highest BCUT2D eigenvalue weighted by Crippen LogP contribution is 2.37. The van der Waals surface area contributed by atoms with Gasteiger partial charge >= 0.3 is 5.97 Å². The molecule has 0 aliphatic carbocycles. The third-order valence-corrected chi connectivity index (χ3v) is 5.69. The van der Waals surface area contributed by atoms with Gasteiger partial charge in [0.1, 0.15) is 12.4 Å². The Morgan fingerprint density at radius 2 is 2.03 bits per heavy atom. The number of benzene rings is 1. The standard InChI is InChI=1S/C21H24N2O5S/c1-13-18(20(25)28-12-11-26-3)16(23-19(24)14(2)29-21(23)22-13)10-9-15-7-5-6-8-17(15)27-4/h5-10,14,16H,11-12H2,1-4H3/b10-9+/t14-,16+/m0/s1. The minimum Gasteiger partial charge on any atom is -0.496 e. The van der Waals surface area contributed by atoms with E-state index in [-0.39, 0.29) is 17.8 Å². The first kappa shape index (κ1) is 21.1. The Kier molecular flexibility index (Phi) is 6.76. The number of fused-ring (bicyclic) bond motifs is 1. The third-order valence-electron chi connectivity index (χ3n) is 4.64. The van der Waals surface area contributed by atoms with Gasteiger partial charge in [0.05, 0.1) is 36.3 Å². The first-order valence-electron chi connectivity index (χ1n) is 9.24. The summed E-state index contributed by atoms with van der Waals surface area (Å²) in [5.41, 5.74) is 1.73. The van der Waals surface area contributed by atoms with Gasteiger partial charge in [-0.3, -0.25) is 9.69 Å². The van der Waals surface area contributed by atoms with E-state index in [0.717, 1.165) is 5.56 Å². The number of esters is 1. The summed E-state index contributed by atoms with van der Waals surface area (Å²) in [5.74, 6) is 0.112. The van der Waals surface area contributed by atoms with Crippen LogP contribution in [0.2, 0.25) is 0 Å². The van der Waals surface area contributed by atoms with Crippen LogP contribution in [0.4, 0.5) is 0 Å². The van der Waals surface area contributed by atoms with Crippen molar-refractivity contribution in [3.05, 3.63) is 47.2 Å². The molecule has 8 heteroatoms. The molecule has 0 radical (unpaired) electrons. The summed E-state index contributed by atoms with van der Waals surface area (Å²) in [7, 11) is 3.14. The van der Waals surface area contributed by atoms with Crippen molar-refractivity contribution in [2.45, 2.75) is 25.1 Å². The number of allylic oxidation sites excluding steroid dienone is 1. The van der Waals surface area contributed by atoms with Crippen LogP contribution in [0.15, 0.2) is 46.6 Å². The Hall–Kier alpha value is -2.58. The fourth-order valence-electron chi connectivity index (χ4n) is 3.18. The van der Waals surface area contributed by atoms with Crippen molar-refractivity contribution in [3.63, 3.8) is 0 Å². The summed E-state index contributed by atoms with van der Waals surface area (Å²) < 4.78 is 15.7. The molecule has 0 spiro atoms. The fourth-order valence-corrected chi connectivity index (χ4v) is 4.22. The van der Waals surface area contributed by atoms with Crippen LogP contribution in [0.25, 0.3) is 6.08 Å². The Labute approximate surface area is 174 Å². The Balaban J connectivity index is 1.98. The maximum atomic E-state index is 12.8. The van der Waals surface area contributed by atoms with Crippen LogP contribution in [0.3, 0.4) is 0 Å². The van der Waals surface area contributed by atoms with Gasteiger partial charge in [0, 0.05) is 12.7 Å². The quantitative estimate of drug-likeness (QED) is 0.502. The third kappa shape index (κ3) is 4.38. The molecule has 3 rings (SSSR count). The molecule has 0 bridgehead atoms. The monoisotopic (exact) mass is 416 g/mol. The summed E-state index contributed by atoms with van der Waals surface area (Å²) >= 11 is 1.39. The Morgan fingerprint density at radius 1 is 1.28 bits per heavy atom. The van der Waals surface area contributed by atoms with Gasteiger partial charge in [0.2, 0.25) is 5.91 Å². The van der Waals surface area contributed by atoms with E-state index in [1.807, 2.05) is 43.3 Å². The summed E-state index contributed by atoms with van der Waals surface area (Å²) in [5, 5.41) is 0.343. The second-order valence-electron chi connectivity index (χ2n) is 6.54. The maximum absolute atomic E-state index is 12.8. The molecular weight excluding hydrogens is 392 g/mol. The van der Waals surface area contributed by atoms with Gasteiger partial charge in [0.25, 0.3) is 0 Å². The van der Waals surface area contributed by atoms with Crippen LogP contribution in [-0.4, -0.2) is 60.7 Å². The van der Waals surface area contributed by atoms with Crippen molar-refractivity contribution in [2.24, 2.45) is 4.99 Å². The van der Waals surface area contributed by atoms with E-state index in [4.69, 9.17) is 14.2 Å². The number of methoxy groups -OCH3 is 2. The summed E-state index contributed by atoms with van der Waals surface area (Å²) in [6.45, 7) is 4.02. The van der Waals surface area contributed by atoms with Crippen LogP contribution < -0.4 is 4.74 Å². The Morgan fingerprint density at radius 3 is 2.76 bits per heavy atom. The van der Waals surface area contributed by atoms with E-state index in [0.29, 0.717) is 28.8 Å². The molecule has 1 fully saturated rings. The first-order chi connectivity index (χ1) is 14.0. The lowest BCUT2D eigenvalue weighted by atomic mass is 10.00. The highest BCUT2D eigenvalue weighted by atomic mass is 32.2. The number of hydrogen-bond donors (Lipinski definition) is 0. The largest absolute Gasteiger partial charge is 0.496 e. The lowest BCUT2D eigenvalue weighted by Crippen LogP contribution is -2.45. The SMILES string of the molecule is COCCOC(=O)C1=C(C)N=C2S[C@@H](C)C(=O)N2[C@@H]1/C=C/c1ccccc1OC. The number of carbonyl (C=O) groups is 2. The van der Waals surface area contributed by atoms with E-state index in [2.05, 4.69) is 4.99 Å². The fraction of sp³-hybridized carbons (Fsp3) is 0.381. The number of aliphatic imine (C=N–C) groups is 1. The van der Waals surface area contributed by atoms with Crippen molar-refractivity contribution >= 4 is 34.9 Å². The molecule has 1 saturated heterocycles. The van der Waals surface area contributed by atoms with Crippen LogP contribution in [-0.2, 0) is 19.1 Å². The number of ether oxygens (including phenoxy) is 3. The summed E-state index contributed by atoms with van der Waals surface area (Å²) in [4.78, 5) is 31.6. The van der Waals surface area contributed by atoms with Gasteiger partial charge in [0.15, 0.2) is 5.17 Å². The molecular formula is C21H24N2O5S. The average molecular weight is 416 g/mol. The van der Waals surface area contributed by atoms with Gasteiger partial charge < -0.3 is 14.2 Å². The van der Waals surface area contributed by atoms with Crippen LogP contribution >= 0.6 is 11.8 Å². The van der Waals surface area contributed by atoms with Crippen LogP contribution in [0.1, 0.15) is 19.4 Å². The Bertz CT molecular complexity index is 893. The number of amides is 1. The molecule has 29 heavy (non-hydrogen) atoms. The highest BCUT2D eigenvalue weighted by molar-refractivity contribution is 8.15. The molecule has 1 aromatic carbocycles. The second-order valence-corrected chi connectivity index (χ2v) is 7.84. The number of rotatable bonds is 7. The number of carbonyl (C=O) groups excluding carboxylic acids is 2. The first-order valence-corrected chi connectivity index (χ1v) is 10.1. The summed E-state index contributed by atoms with van der Waals surface area (Å²) in [6, 6.07) is 6.94. The van der Waals surface area contributed by atoms with Crippen molar-refractivity contribution in [1.82, 2.24) is 4.90 Å². The highest BCUT2D eigenvalue weighted by Gasteiger charge is 2.44. The predicted octanol–water partition coefficient (Wildman–Crippen LogP) is 2.87. The number of amidine groups is 1. The summed E-state index contributed by atoms with van der Waals surface area (Å²) in [6.07, 6.45) is 3.67. The number of hydrogen-bond acceptors (Lipinski definition) is 7. The molecule has 0 N–H and O–H groups in total. The normalized spacial score (nSPS) is 21.4. The minimum absolute atomic E-state index is 0.0851. The molecule has 154 valence electrons. The van der Waals surface area contributed by atoms with E-state index in [1.165, 1.54) is 18.9 Å². The molecule has 1 amide bonds. The molecule has 0 unspecified atom stereocenters. The lowest BCUT2D eigenvalue weighted by molar-refractivity contribution is -0.141. The van der Waals surface area contributed by atoms with Crippen molar-refractivity contribution in [3.8, 4) is 5.75 Å². The predicted molar refractivity (Wildman–Crippen MR) is 113 cm³/mol. The van der Waals surface area contributed by atoms with Crippen LogP contribution in [0, 0.1) is 0 Å². The topological polar surface area (TPSA) is 77.4 Å². The number of nitrogens with zero attached hydrogens (tertiary/aromatic N) is 2. The average Bonchev–Trinajstić information content (AvgIpc) is 2.99. The second kappa shape index (κ2) is 9.28. The molecule has 2 heterocycles. The maximum Gasteiger partial charge on any atom is 0.338 e. The molecule has 0 aromatic heterocycles. The molecule has 7 nitrogen and oxygen atoms in total. The van der Waals surface area contributed by atoms with Gasteiger partial charge in [-0.25, -0.2) is 9.79 Å². The molecule has 2 atom stereocenters. The van der Waals surface area contributed by atoms with Crippen molar-refractivity contribution in [2.75, 3.05) is 27.4 Å². The van der Waals surface area contributed by atoms with Gasteiger partial charge in [-0.05, 0) is 19.9 Å². The molecule has 0 saturated carbocycles. The lowest BCUT2D eigenvalue weighted by Gasteiger charge is -2.30. The number of thioether (sulfide) groups is 1. The molecule has 1 aromatic rings. The molecule has 2 aliphatic heterocycles. The van der Waals surface area contributed by atoms with Crippen LogP contribution in [0.5, 0.6) is 5.75 Å². The van der Waals surface area contributed by atoms with Crippen molar-refractivity contribution in [1.29, 1.82) is 0 Å². The van der Waals surface area contributed by atoms with Gasteiger partial charge in [-0.2, -0.15) is 0 Å². The zero-order chi connectivity index (χ0) is 21.0. The zero-order valence-corrected chi connectivity index (χ0v) is 17.7. The van der Waals surface area contributed by atoms with E-state index in [1.54, 1.807) is 18.9 Å². The van der Waals surface area contributed by atoms with Gasteiger partial charge in [-0.15, -0.1) is 0 Å².